The monoisotopic (exact) mass is 417 g/mol. The summed E-state index contributed by atoms with van der Waals surface area (Å²) in [6.45, 7) is 4.35. The number of hydrogen-bond donors (Lipinski definition) is 1. The van der Waals surface area contributed by atoms with Crippen LogP contribution in [0.5, 0.6) is 0 Å². The minimum absolute atomic E-state index is 0.0286. The number of amides is 1. The second-order valence-electron chi connectivity index (χ2n) is 7.37. The Labute approximate surface area is 176 Å². The molecule has 156 valence electrons. The summed E-state index contributed by atoms with van der Waals surface area (Å²) in [7, 11) is 0. The number of aryl methyl sites for hydroxylation is 1. The molecule has 1 amide bonds. The molecule has 31 heavy (non-hydrogen) atoms. The van der Waals surface area contributed by atoms with Crippen LogP contribution in [0.2, 0.25) is 0 Å². The van der Waals surface area contributed by atoms with E-state index in [2.05, 4.69) is 15.1 Å². The third kappa shape index (κ3) is 3.05. The molecule has 0 radical (unpaired) electrons. The average Bonchev–Trinajstić information content (AvgIpc) is 3.35. The van der Waals surface area contributed by atoms with Crippen molar-refractivity contribution >= 4 is 33.8 Å². The van der Waals surface area contributed by atoms with Gasteiger partial charge in [0.25, 0.3) is 5.91 Å². The van der Waals surface area contributed by atoms with Gasteiger partial charge in [-0.15, -0.1) is 0 Å². The van der Waals surface area contributed by atoms with E-state index < -0.39 is 11.7 Å². The van der Waals surface area contributed by atoms with Crippen molar-refractivity contribution in [2.75, 3.05) is 12.3 Å². The summed E-state index contributed by atoms with van der Waals surface area (Å²) >= 11 is 0. The van der Waals surface area contributed by atoms with Gasteiger partial charge in [-0.05, 0) is 38.1 Å². The highest BCUT2D eigenvalue weighted by molar-refractivity contribution is 5.98. The summed E-state index contributed by atoms with van der Waals surface area (Å²) in [5.41, 5.74) is 9.18. The number of halogens is 1. The highest BCUT2D eigenvalue weighted by Crippen LogP contribution is 2.25. The molecule has 4 heterocycles. The van der Waals surface area contributed by atoms with E-state index in [1.54, 1.807) is 20.0 Å². The first-order valence-electron chi connectivity index (χ1n) is 9.91. The van der Waals surface area contributed by atoms with Gasteiger partial charge in [0.15, 0.2) is 0 Å². The Bertz CT molecular complexity index is 1440. The van der Waals surface area contributed by atoms with Gasteiger partial charge < -0.3 is 10.6 Å². The fraction of sp³-hybridized carbons (Fsp3) is 0.182. The van der Waals surface area contributed by atoms with Crippen LogP contribution in [0.3, 0.4) is 0 Å². The molecule has 5 rings (SSSR count). The topological polar surface area (TPSA) is 93.8 Å². The fourth-order valence-corrected chi connectivity index (χ4v) is 3.86. The normalized spacial score (nSPS) is 11.6. The summed E-state index contributed by atoms with van der Waals surface area (Å²) in [5, 5.41) is 4.50. The number of nitrogens with zero attached hydrogens (tertiary/aromatic N) is 6. The molecule has 9 heteroatoms. The summed E-state index contributed by atoms with van der Waals surface area (Å²) in [6.07, 6.45) is 3.46. The van der Waals surface area contributed by atoms with Crippen LogP contribution < -0.4 is 5.73 Å². The zero-order valence-corrected chi connectivity index (χ0v) is 17.1. The number of hydrogen-bond acceptors (Lipinski definition) is 5. The molecule has 0 aliphatic rings. The fourth-order valence-electron chi connectivity index (χ4n) is 3.86. The molecule has 0 bridgehead atoms. The molecule has 4 aromatic heterocycles. The third-order valence-electron chi connectivity index (χ3n) is 5.42. The van der Waals surface area contributed by atoms with E-state index in [1.807, 2.05) is 44.3 Å². The lowest BCUT2D eigenvalue weighted by molar-refractivity contribution is 0.0746. The molecule has 0 aliphatic carbocycles. The molecule has 2 N–H and O–H groups in total. The number of imidazole rings is 1. The Hall–Kier alpha value is -4.01. The van der Waals surface area contributed by atoms with E-state index in [0.29, 0.717) is 28.9 Å². The van der Waals surface area contributed by atoms with Gasteiger partial charge in [0.05, 0.1) is 40.5 Å². The maximum atomic E-state index is 15.0. The van der Waals surface area contributed by atoms with Crippen LogP contribution in [0.15, 0.2) is 48.8 Å². The zero-order chi connectivity index (χ0) is 21.7. The molecule has 0 fully saturated rings. The summed E-state index contributed by atoms with van der Waals surface area (Å²) < 4.78 is 18.5. The van der Waals surface area contributed by atoms with Gasteiger partial charge in [-0.1, -0.05) is 6.07 Å². The molecular weight excluding hydrogens is 397 g/mol. The molecule has 0 spiro atoms. The number of carbonyl (C=O) groups is 1. The van der Waals surface area contributed by atoms with Gasteiger partial charge in [0, 0.05) is 18.8 Å². The Morgan fingerprint density at radius 2 is 2.06 bits per heavy atom. The van der Waals surface area contributed by atoms with Crippen molar-refractivity contribution in [3.05, 3.63) is 71.7 Å². The summed E-state index contributed by atoms with van der Waals surface area (Å²) in [5.74, 6) is -0.124. The van der Waals surface area contributed by atoms with Gasteiger partial charge >= 0.3 is 0 Å². The molecule has 0 atom stereocenters. The highest BCUT2D eigenvalue weighted by atomic mass is 19.1. The molecule has 0 aliphatic heterocycles. The van der Waals surface area contributed by atoms with Gasteiger partial charge in [0.1, 0.15) is 23.0 Å². The molecule has 0 saturated heterocycles. The van der Waals surface area contributed by atoms with Crippen molar-refractivity contribution in [2.45, 2.75) is 20.4 Å². The van der Waals surface area contributed by atoms with Gasteiger partial charge in [0.2, 0.25) is 0 Å². The molecular formula is C22H20FN7O. The number of fused-ring (bicyclic) bond motifs is 4. The van der Waals surface area contributed by atoms with Crippen molar-refractivity contribution in [1.82, 2.24) is 28.9 Å². The lowest BCUT2D eigenvalue weighted by Crippen LogP contribution is -2.31. The number of nitrogens with two attached hydrogens (primary N) is 1. The Morgan fingerprint density at radius 1 is 1.23 bits per heavy atom. The maximum Gasteiger partial charge on any atom is 0.257 e. The van der Waals surface area contributed by atoms with Gasteiger partial charge in [-0.3, -0.25) is 9.20 Å². The largest absolute Gasteiger partial charge is 0.382 e. The SMILES string of the molecule is CCN(Cc1cc2ccccn2n1)C(=O)c1cc2c(cc1F)nc(N)c1cnc(C)n12. The lowest BCUT2D eigenvalue weighted by atomic mass is 10.1. The third-order valence-corrected chi connectivity index (χ3v) is 5.42. The van der Waals surface area contributed by atoms with Crippen molar-refractivity contribution in [3.8, 4) is 0 Å². The molecule has 8 nitrogen and oxygen atoms in total. The van der Waals surface area contributed by atoms with Crippen LogP contribution in [0.25, 0.3) is 22.1 Å². The van der Waals surface area contributed by atoms with Gasteiger partial charge in [-0.2, -0.15) is 5.10 Å². The summed E-state index contributed by atoms with van der Waals surface area (Å²) in [6, 6.07) is 10.4. The number of pyridine rings is 1. The number of benzene rings is 1. The second kappa shape index (κ2) is 7.05. The van der Waals surface area contributed by atoms with E-state index in [0.717, 1.165) is 11.2 Å². The molecule has 0 saturated carbocycles. The first-order valence-corrected chi connectivity index (χ1v) is 9.91. The average molecular weight is 417 g/mol. The minimum Gasteiger partial charge on any atom is -0.382 e. The van der Waals surface area contributed by atoms with Crippen molar-refractivity contribution < 1.29 is 9.18 Å². The van der Waals surface area contributed by atoms with Crippen molar-refractivity contribution in [3.63, 3.8) is 0 Å². The molecule has 5 aromatic rings. The number of aromatic nitrogens is 5. The highest BCUT2D eigenvalue weighted by Gasteiger charge is 2.22. The van der Waals surface area contributed by atoms with Crippen LogP contribution >= 0.6 is 0 Å². The molecule has 1 aromatic carbocycles. The number of nitrogen functional groups attached to an aromatic ring is 1. The summed E-state index contributed by atoms with van der Waals surface area (Å²) in [4.78, 5) is 23.4. The zero-order valence-electron chi connectivity index (χ0n) is 17.1. The number of anilines is 1. The number of rotatable bonds is 4. The number of carbonyl (C=O) groups excluding carboxylic acids is 1. The Kier molecular flexibility index (Phi) is 4.32. The van der Waals surface area contributed by atoms with E-state index in [1.165, 1.54) is 12.1 Å². The Balaban J connectivity index is 1.57. The van der Waals surface area contributed by atoms with Crippen molar-refractivity contribution in [2.24, 2.45) is 0 Å². The van der Waals surface area contributed by atoms with E-state index in [9.17, 15) is 9.18 Å². The lowest BCUT2D eigenvalue weighted by Gasteiger charge is -2.20. The van der Waals surface area contributed by atoms with Crippen molar-refractivity contribution in [1.29, 1.82) is 0 Å². The van der Waals surface area contributed by atoms with Crippen LogP contribution in [0.4, 0.5) is 10.2 Å². The van der Waals surface area contributed by atoms with E-state index in [-0.39, 0.29) is 17.9 Å². The van der Waals surface area contributed by atoms with Crippen LogP contribution in [0, 0.1) is 12.7 Å². The Morgan fingerprint density at radius 3 is 2.84 bits per heavy atom. The predicted octanol–water partition coefficient (Wildman–Crippen LogP) is 3.22. The maximum absolute atomic E-state index is 15.0. The standard InChI is InChI=1S/C22H20FN7O/c1-3-28(12-14-8-15-6-4-5-7-29(15)27-14)22(31)16-9-19-18(10-17(16)23)26-21(24)20-11-25-13(2)30(19)20/h4-11H,3,12H2,1-2H3,(H2,24,26). The predicted molar refractivity (Wildman–Crippen MR) is 115 cm³/mol. The van der Waals surface area contributed by atoms with Crippen LogP contribution in [-0.4, -0.2) is 41.3 Å². The smallest absolute Gasteiger partial charge is 0.257 e. The molecule has 0 unspecified atom stereocenters. The van der Waals surface area contributed by atoms with Gasteiger partial charge in [-0.25, -0.2) is 18.9 Å². The van der Waals surface area contributed by atoms with E-state index >= 15 is 0 Å². The van der Waals surface area contributed by atoms with E-state index in [4.69, 9.17) is 5.73 Å². The minimum atomic E-state index is -0.644. The quantitative estimate of drug-likeness (QED) is 0.485. The first-order chi connectivity index (χ1) is 15.0. The van der Waals surface area contributed by atoms with Crippen LogP contribution in [0.1, 0.15) is 28.8 Å². The second-order valence-corrected chi connectivity index (χ2v) is 7.37. The van der Waals surface area contributed by atoms with Crippen LogP contribution in [-0.2, 0) is 6.54 Å². The first kappa shape index (κ1) is 19.0.